The largest absolute Gasteiger partial charge is 0.386 e. The van der Waals surface area contributed by atoms with Crippen LogP contribution in [0.1, 0.15) is 43.4 Å². The van der Waals surface area contributed by atoms with Crippen molar-refractivity contribution in [3.05, 3.63) is 66.0 Å². The zero-order chi connectivity index (χ0) is 14.8. The molecule has 1 fully saturated rings. The Hall–Kier alpha value is -1.71. The molecule has 110 valence electrons. The minimum Gasteiger partial charge on any atom is -0.386 e. The molecule has 3 nitrogen and oxygen atoms in total. The molecular weight excluding hydrogens is 262 g/mol. The summed E-state index contributed by atoms with van der Waals surface area (Å²) in [6.07, 6.45) is 5.81. The van der Waals surface area contributed by atoms with Gasteiger partial charge in [-0.2, -0.15) is 0 Å². The lowest BCUT2D eigenvalue weighted by molar-refractivity contribution is -0.153. The molecule has 0 amide bonds. The number of rotatable bonds is 3. The van der Waals surface area contributed by atoms with Gasteiger partial charge in [-0.3, -0.25) is 4.98 Å². The molecule has 0 radical (unpaired) electrons. The topological polar surface area (TPSA) is 53.4 Å². The third-order valence-corrected chi connectivity index (χ3v) is 4.58. The van der Waals surface area contributed by atoms with Crippen LogP contribution in [0, 0.1) is 0 Å². The molecule has 2 aromatic rings. The van der Waals surface area contributed by atoms with Crippen molar-refractivity contribution in [2.75, 3.05) is 0 Å². The van der Waals surface area contributed by atoms with Crippen LogP contribution in [0.25, 0.3) is 0 Å². The minimum absolute atomic E-state index is 0.514. The third kappa shape index (κ3) is 2.37. The first-order chi connectivity index (χ1) is 10.2. The highest BCUT2D eigenvalue weighted by Crippen LogP contribution is 2.46. The summed E-state index contributed by atoms with van der Waals surface area (Å²) in [5.41, 5.74) is -1.41. The Morgan fingerprint density at radius 3 is 2.19 bits per heavy atom. The van der Waals surface area contributed by atoms with Crippen molar-refractivity contribution in [3.8, 4) is 0 Å². The normalized spacial score (nSPS) is 20.7. The molecule has 1 aromatic carbocycles. The van der Waals surface area contributed by atoms with E-state index in [4.69, 9.17) is 0 Å². The van der Waals surface area contributed by atoms with E-state index in [1.54, 1.807) is 12.3 Å². The maximum absolute atomic E-state index is 11.5. The molecule has 1 unspecified atom stereocenters. The van der Waals surface area contributed by atoms with Crippen LogP contribution in [0.3, 0.4) is 0 Å². The quantitative estimate of drug-likeness (QED) is 0.910. The summed E-state index contributed by atoms with van der Waals surface area (Å²) in [5.74, 6) is 0. The molecule has 1 heterocycles. The van der Waals surface area contributed by atoms with E-state index in [-0.39, 0.29) is 0 Å². The van der Waals surface area contributed by atoms with Gasteiger partial charge in [0.1, 0.15) is 5.60 Å². The first-order valence-electron chi connectivity index (χ1n) is 7.59. The van der Waals surface area contributed by atoms with Gasteiger partial charge in [0.15, 0.2) is 5.60 Å². The first-order valence-corrected chi connectivity index (χ1v) is 7.59. The lowest BCUT2D eigenvalue weighted by Gasteiger charge is -2.45. The third-order valence-electron chi connectivity index (χ3n) is 4.58. The summed E-state index contributed by atoms with van der Waals surface area (Å²) in [6, 6.07) is 14.9. The van der Waals surface area contributed by atoms with E-state index in [0.717, 1.165) is 19.3 Å². The SMILES string of the molecule is OC1(C(O)(c2ccccc2)c2ccccn2)CCCCC1. The Labute approximate surface area is 125 Å². The monoisotopic (exact) mass is 283 g/mol. The van der Waals surface area contributed by atoms with Gasteiger partial charge in [0.05, 0.1) is 5.69 Å². The minimum atomic E-state index is -1.46. The van der Waals surface area contributed by atoms with Crippen LogP contribution in [0.4, 0.5) is 0 Å². The fraction of sp³-hybridized carbons (Fsp3) is 0.389. The number of nitrogens with zero attached hydrogens (tertiary/aromatic N) is 1. The van der Waals surface area contributed by atoms with Crippen molar-refractivity contribution in [3.63, 3.8) is 0 Å². The van der Waals surface area contributed by atoms with Crippen LogP contribution < -0.4 is 0 Å². The highest BCUT2D eigenvalue weighted by atomic mass is 16.4. The van der Waals surface area contributed by atoms with Gasteiger partial charge >= 0.3 is 0 Å². The van der Waals surface area contributed by atoms with Crippen molar-refractivity contribution in [2.24, 2.45) is 0 Å². The Morgan fingerprint density at radius 2 is 1.57 bits per heavy atom. The number of hydrogen-bond donors (Lipinski definition) is 2. The summed E-state index contributed by atoms with van der Waals surface area (Å²) < 4.78 is 0. The molecule has 3 rings (SSSR count). The molecule has 3 heteroatoms. The average molecular weight is 283 g/mol. The van der Waals surface area contributed by atoms with E-state index in [2.05, 4.69) is 4.98 Å². The summed E-state index contributed by atoms with van der Waals surface area (Å²) in [7, 11) is 0. The molecule has 1 aliphatic rings. The molecule has 21 heavy (non-hydrogen) atoms. The van der Waals surface area contributed by atoms with Crippen LogP contribution in [0.5, 0.6) is 0 Å². The summed E-state index contributed by atoms with van der Waals surface area (Å²) in [5, 5.41) is 22.7. The summed E-state index contributed by atoms with van der Waals surface area (Å²) in [6.45, 7) is 0. The maximum atomic E-state index is 11.5. The lowest BCUT2D eigenvalue weighted by atomic mass is 9.68. The van der Waals surface area contributed by atoms with Gasteiger partial charge in [0.2, 0.25) is 0 Å². The van der Waals surface area contributed by atoms with E-state index in [1.807, 2.05) is 42.5 Å². The van der Waals surface area contributed by atoms with E-state index in [0.29, 0.717) is 24.1 Å². The maximum Gasteiger partial charge on any atom is 0.160 e. The van der Waals surface area contributed by atoms with E-state index in [1.165, 1.54) is 0 Å². The van der Waals surface area contributed by atoms with Crippen molar-refractivity contribution in [1.29, 1.82) is 0 Å². The predicted octanol–water partition coefficient (Wildman–Crippen LogP) is 3.01. The first kappa shape index (κ1) is 14.2. The van der Waals surface area contributed by atoms with Crippen LogP contribution in [0.2, 0.25) is 0 Å². The second-order valence-corrected chi connectivity index (χ2v) is 5.88. The molecule has 0 saturated heterocycles. The highest BCUT2D eigenvalue weighted by Gasteiger charge is 2.52. The van der Waals surface area contributed by atoms with Gasteiger partial charge in [0, 0.05) is 6.20 Å². The highest BCUT2D eigenvalue weighted by molar-refractivity contribution is 5.36. The average Bonchev–Trinajstić information content (AvgIpc) is 2.56. The fourth-order valence-electron chi connectivity index (χ4n) is 3.41. The van der Waals surface area contributed by atoms with Crippen molar-refractivity contribution in [2.45, 2.75) is 43.3 Å². The number of benzene rings is 1. The second kappa shape index (κ2) is 5.58. The standard InChI is InChI=1S/C18H21NO2/c20-17(12-6-2-7-13-17)18(21,15-9-3-1-4-10-15)16-11-5-8-14-19-16/h1,3-5,8-11,14,20-21H,2,6-7,12-13H2. The molecule has 1 aromatic heterocycles. The molecule has 0 aliphatic heterocycles. The Morgan fingerprint density at radius 1 is 0.905 bits per heavy atom. The predicted molar refractivity (Wildman–Crippen MR) is 81.7 cm³/mol. The van der Waals surface area contributed by atoms with E-state index < -0.39 is 11.2 Å². The smallest absolute Gasteiger partial charge is 0.160 e. The van der Waals surface area contributed by atoms with Crippen molar-refractivity contribution >= 4 is 0 Å². The Bertz CT molecular complexity index is 537. The van der Waals surface area contributed by atoms with Gasteiger partial charge in [-0.25, -0.2) is 0 Å². The number of aromatic nitrogens is 1. The summed E-state index contributed by atoms with van der Waals surface area (Å²) >= 11 is 0. The number of pyridine rings is 1. The van der Waals surface area contributed by atoms with Gasteiger partial charge < -0.3 is 10.2 Å². The van der Waals surface area contributed by atoms with Crippen LogP contribution >= 0.6 is 0 Å². The molecule has 1 aliphatic carbocycles. The van der Waals surface area contributed by atoms with Crippen LogP contribution in [-0.2, 0) is 5.60 Å². The second-order valence-electron chi connectivity index (χ2n) is 5.88. The zero-order valence-corrected chi connectivity index (χ0v) is 12.1. The van der Waals surface area contributed by atoms with E-state index in [9.17, 15) is 10.2 Å². The van der Waals surface area contributed by atoms with Gasteiger partial charge in [-0.15, -0.1) is 0 Å². The zero-order valence-electron chi connectivity index (χ0n) is 12.1. The van der Waals surface area contributed by atoms with Gasteiger partial charge in [-0.1, -0.05) is 55.7 Å². The van der Waals surface area contributed by atoms with E-state index >= 15 is 0 Å². The molecule has 0 spiro atoms. The molecule has 0 bridgehead atoms. The lowest BCUT2D eigenvalue weighted by Crippen LogP contribution is -2.54. The van der Waals surface area contributed by atoms with Gasteiger partial charge in [0.25, 0.3) is 0 Å². The number of hydrogen-bond acceptors (Lipinski definition) is 3. The molecule has 1 saturated carbocycles. The fourth-order valence-corrected chi connectivity index (χ4v) is 3.41. The molecule has 2 N–H and O–H groups in total. The van der Waals surface area contributed by atoms with Gasteiger partial charge in [-0.05, 0) is 30.5 Å². The van der Waals surface area contributed by atoms with Crippen molar-refractivity contribution < 1.29 is 10.2 Å². The van der Waals surface area contributed by atoms with Crippen LogP contribution in [0.15, 0.2) is 54.7 Å². The molecule has 1 atom stereocenters. The molecular formula is C18H21NO2. The summed E-state index contributed by atoms with van der Waals surface area (Å²) in [4.78, 5) is 4.34. The van der Waals surface area contributed by atoms with Crippen LogP contribution in [-0.4, -0.2) is 20.8 Å². The Kier molecular flexibility index (Phi) is 3.79. The number of aliphatic hydroxyl groups is 2. The Balaban J connectivity index is 2.15. The van der Waals surface area contributed by atoms with Crippen molar-refractivity contribution in [1.82, 2.24) is 4.98 Å².